The van der Waals surface area contributed by atoms with Crippen LogP contribution in [0.2, 0.25) is 0 Å². The third-order valence-electron chi connectivity index (χ3n) is 8.35. The molecule has 0 fully saturated rings. The van der Waals surface area contributed by atoms with E-state index in [1.807, 2.05) is 6.08 Å². The number of allylic oxidation sites excluding steroid dienone is 5. The number of nitrogens with one attached hydrogen (secondary N) is 1. The monoisotopic (exact) mass is 604 g/mol. The summed E-state index contributed by atoms with van der Waals surface area (Å²) in [7, 11) is 0. The zero-order valence-electron chi connectivity index (χ0n) is 28.7. The van der Waals surface area contributed by atoms with Gasteiger partial charge in [-0.2, -0.15) is 0 Å². The second kappa shape index (κ2) is 35.1. The van der Waals surface area contributed by atoms with Gasteiger partial charge < -0.3 is 15.5 Å². The first kappa shape index (κ1) is 41.6. The van der Waals surface area contributed by atoms with Gasteiger partial charge in [0.25, 0.3) is 0 Å². The molecular weight excluding hydrogens is 530 g/mol. The number of rotatable bonds is 33. The molecule has 2 atom stereocenters. The second-order valence-electron chi connectivity index (χ2n) is 12.6. The third kappa shape index (κ3) is 31.8. The highest BCUT2D eigenvalue weighted by Crippen LogP contribution is 2.13. The summed E-state index contributed by atoms with van der Waals surface area (Å²) in [5.41, 5.74) is 0. The molecule has 0 aromatic rings. The lowest BCUT2D eigenvalue weighted by Crippen LogP contribution is -2.45. The first-order valence-corrected chi connectivity index (χ1v) is 18.7. The molecule has 0 unspecified atom stereocenters. The van der Waals surface area contributed by atoms with Crippen LogP contribution in [0.5, 0.6) is 0 Å². The maximum atomic E-state index is 12.3. The van der Waals surface area contributed by atoms with Crippen molar-refractivity contribution in [2.45, 2.75) is 199 Å². The normalized spacial score (nSPS) is 13.5. The molecule has 0 aliphatic carbocycles. The van der Waals surface area contributed by atoms with E-state index in [0.717, 1.165) is 44.9 Å². The van der Waals surface area contributed by atoms with Crippen LogP contribution >= 0.6 is 0 Å². The van der Waals surface area contributed by atoms with E-state index < -0.39 is 12.1 Å². The molecule has 0 bridgehead atoms. The number of hydrogen-bond donors (Lipinski definition) is 3. The van der Waals surface area contributed by atoms with Crippen LogP contribution in [0, 0.1) is 0 Å². The van der Waals surface area contributed by atoms with Gasteiger partial charge in [-0.05, 0) is 57.8 Å². The molecule has 0 spiro atoms. The summed E-state index contributed by atoms with van der Waals surface area (Å²) in [4.78, 5) is 12.3. The largest absolute Gasteiger partial charge is 0.394 e. The lowest BCUT2D eigenvalue weighted by Gasteiger charge is -2.19. The van der Waals surface area contributed by atoms with E-state index in [1.165, 1.54) is 122 Å². The molecule has 4 nitrogen and oxygen atoms in total. The molecule has 0 aliphatic rings. The fraction of sp³-hybridized carbons (Fsp3) is 0.821. The Morgan fingerprint density at radius 3 is 1.35 bits per heavy atom. The Bertz CT molecular complexity index is 657. The Hall–Kier alpha value is -1.39. The van der Waals surface area contributed by atoms with E-state index in [0.29, 0.717) is 6.42 Å². The predicted octanol–water partition coefficient (Wildman–Crippen LogP) is 11.1. The van der Waals surface area contributed by atoms with Crippen molar-refractivity contribution in [3.8, 4) is 0 Å². The minimum Gasteiger partial charge on any atom is -0.394 e. The van der Waals surface area contributed by atoms with Gasteiger partial charge in [0.05, 0.1) is 18.8 Å². The Balaban J connectivity index is 3.69. The molecule has 0 heterocycles. The number of hydrogen-bond acceptors (Lipinski definition) is 3. The molecule has 0 saturated heterocycles. The molecule has 1 amide bonds. The smallest absolute Gasteiger partial charge is 0.220 e. The molecule has 43 heavy (non-hydrogen) atoms. The van der Waals surface area contributed by atoms with Gasteiger partial charge in [0, 0.05) is 6.42 Å². The maximum absolute atomic E-state index is 12.3. The van der Waals surface area contributed by atoms with Crippen molar-refractivity contribution in [3.63, 3.8) is 0 Å². The summed E-state index contributed by atoms with van der Waals surface area (Å²) in [5.74, 6) is -0.0845. The van der Waals surface area contributed by atoms with Gasteiger partial charge in [-0.25, -0.2) is 0 Å². The standard InChI is InChI=1S/C39H73NO3/c1-3-5-7-9-11-13-15-17-19-20-21-22-24-26-28-30-32-34-38(42)37(36-41)40-39(43)35-33-31-29-27-25-23-18-16-14-12-10-8-6-4-2/h16,18,24,26,32,34,37-38,41-42H,3-15,17,19-23,25,27-31,33,35-36H2,1-2H3,(H,40,43)/b18-16+,26-24+,34-32+/t37-,38+/m0/s1. The molecule has 252 valence electrons. The van der Waals surface area contributed by atoms with Crippen LogP contribution in [-0.2, 0) is 4.79 Å². The minimum absolute atomic E-state index is 0.0845. The zero-order valence-corrected chi connectivity index (χ0v) is 28.7. The van der Waals surface area contributed by atoms with Gasteiger partial charge in [0.2, 0.25) is 5.91 Å². The van der Waals surface area contributed by atoms with Crippen LogP contribution in [0.15, 0.2) is 36.5 Å². The molecule has 3 N–H and O–H groups in total. The van der Waals surface area contributed by atoms with Crippen molar-refractivity contribution in [2.75, 3.05) is 6.61 Å². The summed E-state index contributed by atoms with van der Waals surface area (Å²) < 4.78 is 0. The first-order chi connectivity index (χ1) is 21.2. The van der Waals surface area contributed by atoms with Crippen LogP contribution < -0.4 is 5.32 Å². The van der Waals surface area contributed by atoms with Crippen molar-refractivity contribution >= 4 is 5.91 Å². The number of unbranched alkanes of at least 4 members (excludes halogenated alkanes) is 22. The second-order valence-corrected chi connectivity index (χ2v) is 12.6. The summed E-state index contributed by atoms with van der Waals surface area (Å²) in [6.07, 6.45) is 45.1. The molecule has 4 heteroatoms. The fourth-order valence-corrected chi connectivity index (χ4v) is 5.42. The molecule has 0 radical (unpaired) electrons. The van der Waals surface area contributed by atoms with E-state index in [-0.39, 0.29) is 12.5 Å². The van der Waals surface area contributed by atoms with Crippen LogP contribution in [0.25, 0.3) is 0 Å². The van der Waals surface area contributed by atoms with E-state index in [2.05, 4.69) is 43.5 Å². The summed E-state index contributed by atoms with van der Waals surface area (Å²) in [6, 6.07) is -0.640. The highest BCUT2D eigenvalue weighted by atomic mass is 16.3. The van der Waals surface area contributed by atoms with Crippen molar-refractivity contribution in [1.29, 1.82) is 0 Å². The minimum atomic E-state index is -0.862. The van der Waals surface area contributed by atoms with Crippen molar-refractivity contribution in [1.82, 2.24) is 5.32 Å². The van der Waals surface area contributed by atoms with Gasteiger partial charge in [-0.3, -0.25) is 4.79 Å². The summed E-state index contributed by atoms with van der Waals surface area (Å²) in [6.45, 7) is 4.27. The molecular formula is C39H73NO3. The highest BCUT2D eigenvalue weighted by Gasteiger charge is 2.17. The number of aliphatic hydroxyl groups excluding tert-OH is 2. The molecule has 0 aromatic heterocycles. The number of carbonyl (C=O) groups excluding carboxylic acids is 1. The average Bonchev–Trinajstić information content (AvgIpc) is 3.01. The predicted molar refractivity (Wildman–Crippen MR) is 188 cm³/mol. The molecule has 0 aliphatic heterocycles. The van der Waals surface area contributed by atoms with Crippen LogP contribution in [0.3, 0.4) is 0 Å². The Morgan fingerprint density at radius 1 is 0.535 bits per heavy atom. The fourth-order valence-electron chi connectivity index (χ4n) is 5.42. The maximum Gasteiger partial charge on any atom is 0.220 e. The van der Waals surface area contributed by atoms with Crippen LogP contribution in [0.1, 0.15) is 187 Å². The molecule has 0 saturated carbocycles. The van der Waals surface area contributed by atoms with Crippen LogP contribution in [0.4, 0.5) is 0 Å². The lowest BCUT2D eigenvalue weighted by molar-refractivity contribution is -0.123. The average molecular weight is 604 g/mol. The number of amides is 1. The van der Waals surface area contributed by atoms with Gasteiger partial charge in [-0.15, -0.1) is 0 Å². The Kier molecular flexibility index (Phi) is 34.0. The van der Waals surface area contributed by atoms with E-state index in [1.54, 1.807) is 6.08 Å². The Labute approximate surface area is 268 Å². The van der Waals surface area contributed by atoms with Gasteiger partial charge in [0.1, 0.15) is 0 Å². The highest BCUT2D eigenvalue weighted by molar-refractivity contribution is 5.76. The van der Waals surface area contributed by atoms with Crippen molar-refractivity contribution in [3.05, 3.63) is 36.5 Å². The van der Waals surface area contributed by atoms with Crippen LogP contribution in [-0.4, -0.2) is 34.9 Å². The Morgan fingerprint density at radius 2 is 0.907 bits per heavy atom. The van der Waals surface area contributed by atoms with Gasteiger partial charge in [0.15, 0.2) is 0 Å². The van der Waals surface area contributed by atoms with E-state index in [4.69, 9.17) is 0 Å². The van der Waals surface area contributed by atoms with Gasteiger partial charge in [-0.1, -0.05) is 159 Å². The molecule has 0 rings (SSSR count). The topological polar surface area (TPSA) is 69.6 Å². The number of carbonyl (C=O) groups is 1. The number of aliphatic hydroxyl groups is 2. The summed E-state index contributed by atoms with van der Waals surface area (Å²) >= 11 is 0. The van der Waals surface area contributed by atoms with Crippen molar-refractivity contribution in [2.24, 2.45) is 0 Å². The third-order valence-corrected chi connectivity index (χ3v) is 8.35. The lowest BCUT2D eigenvalue weighted by atomic mass is 10.1. The first-order valence-electron chi connectivity index (χ1n) is 18.7. The quantitative estimate of drug-likeness (QED) is 0.0516. The van der Waals surface area contributed by atoms with Crippen molar-refractivity contribution < 1.29 is 15.0 Å². The molecule has 0 aromatic carbocycles. The van der Waals surface area contributed by atoms with E-state index in [9.17, 15) is 15.0 Å². The zero-order chi connectivity index (χ0) is 31.5. The summed E-state index contributed by atoms with van der Waals surface area (Å²) in [5, 5.41) is 22.9. The van der Waals surface area contributed by atoms with E-state index >= 15 is 0 Å². The SMILES string of the molecule is CCCCCCC/C=C/CCCCCCCC(=O)N[C@@H](CO)[C@H](O)/C=C/CC/C=C/CCCCCCCCCCCCC. The van der Waals surface area contributed by atoms with Gasteiger partial charge >= 0.3 is 0 Å².